The van der Waals surface area contributed by atoms with Crippen LogP contribution in [0.3, 0.4) is 0 Å². The summed E-state index contributed by atoms with van der Waals surface area (Å²) >= 11 is 3.44. The number of nitrogens with zero attached hydrogens (tertiary/aromatic N) is 1. The van der Waals surface area contributed by atoms with Crippen molar-refractivity contribution in [1.82, 2.24) is 20.7 Å². The maximum Gasteiger partial charge on any atom is 0.327 e. The predicted molar refractivity (Wildman–Crippen MR) is 99.7 cm³/mol. The van der Waals surface area contributed by atoms with Crippen LogP contribution >= 0.6 is 15.9 Å². The largest absolute Gasteiger partial charge is 0.345 e. The molecular weight excluding hydrogens is 400 g/mol. The van der Waals surface area contributed by atoms with Gasteiger partial charge in [0.2, 0.25) is 0 Å². The van der Waals surface area contributed by atoms with Crippen LogP contribution in [0.4, 0.5) is 0 Å². The predicted octanol–water partition coefficient (Wildman–Crippen LogP) is 1.90. The van der Waals surface area contributed by atoms with E-state index in [-0.39, 0.29) is 6.04 Å². The molecule has 0 bridgehead atoms. The molecule has 0 aliphatic heterocycles. The van der Waals surface area contributed by atoms with Crippen LogP contribution in [0.5, 0.6) is 0 Å². The summed E-state index contributed by atoms with van der Waals surface area (Å²) in [6.45, 7) is 3.72. The average Bonchev–Trinajstić information content (AvgIpc) is 3.35. The minimum atomic E-state index is -0.883. The fourth-order valence-corrected chi connectivity index (χ4v) is 3.11. The van der Waals surface area contributed by atoms with Crippen molar-refractivity contribution >= 4 is 33.7 Å². The van der Waals surface area contributed by atoms with Gasteiger partial charge in [0, 0.05) is 27.6 Å². The van der Waals surface area contributed by atoms with Crippen LogP contribution in [0.2, 0.25) is 0 Å². The second-order valence-electron chi connectivity index (χ2n) is 6.26. The van der Waals surface area contributed by atoms with Crippen LogP contribution in [0.1, 0.15) is 34.6 Å². The van der Waals surface area contributed by atoms with E-state index in [0.717, 1.165) is 34.4 Å². The van der Waals surface area contributed by atoms with Gasteiger partial charge < -0.3 is 9.88 Å². The zero-order valence-corrected chi connectivity index (χ0v) is 16.0. The Hall–Kier alpha value is -2.61. The molecule has 1 aromatic carbocycles. The van der Waals surface area contributed by atoms with Crippen LogP contribution < -0.4 is 16.2 Å². The smallest absolute Gasteiger partial charge is 0.327 e. The molecule has 2 aromatic rings. The van der Waals surface area contributed by atoms with Crippen molar-refractivity contribution < 1.29 is 14.4 Å². The van der Waals surface area contributed by atoms with E-state index in [1.54, 1.807) is 6.07 Å². The maximum atomic E-state index is 12.4. The minimum absolute atomic E-state index is 0.0769. The molecule has 1 fully saturated rings. The number of benzene rings is 1. The summed E-state index contributed by atoms with van der Waals surface area (Å²) in [6.07, 6.45) is 1.76. The Kier molecular flexibility index (Phi) is 5.13. The third kappa shape index (κ3) is 3.96. The monoisotopic (exact) mass is 418 g/mol. The van der Waals surface area contributed by atoms with Crippen LogP contribution in [0, 0.1) is 13.8 Å². The SMILES string of the molecule is Cc1cc(C(=O)NNC(=O)C(=O)NC2CC2)c(C)n1-c1cccc(Br)c1. The lowest BCUT2D eigenvalue weighted by atomic mass is 10.2. The number of amides is 3. The summed E-state index contributed by atoms with van der Waals surface area (Å²) < 4.78 is 2.88. The normalized spacial score (nSPS) is 13.2. The number of nitrogens with one attached hydrogen (secondary N) is 3. The molecule has 0 atom stereocenters. The van der Waals surface area contributed by atoms with Gasteiger partial charge in [-0.2, -0.15) is 0 Å². The highest BCUT2D eigenvalue weighted by Crippen LogP contribution is 2.23. The van der Waals surface area contributed by atoms with Crippen molar-refractivity contribution in [2.24, 2.45) is 0 Å². The lowest BCUT2D eigenvalue weighted by Gasteiger charge is -2.11. The number of halogens is 1. The molecule has 1 aliphatic rings. The first kappa shape index (κ1) is 18.2. The molecule has 26 heavy (non-hydrogen) atoms. The molecule has 3 N–H and O–H groups in total. The number of aryl methyl sites for hydroxylation is 1. The van der Waals surface area contributed by atoms with Crippen molar-refractivity contribution in [2.75, 3.05) is 0 Å². The lowest BCUT2D eigenvalue weighted by Crippen LogP contribution is -2.49. The van der Waals surface area contributed by atoms with E-state index in [1.165, 1.54) is 0 Å². The van der Waals surface area contributed by atoms with Gasteiger partial charge in [-0.1, -0.05) is 22.0 Å². The fourth-order valence-electron chi connectivity index (χ4n) is 2.72. The van der Waals surface area contributed by atoms with Gasteiger partial charge in [0.05, 0.1) is 5.56 Å². The number of carbonyl (C=O) groups excluding carboxylic acids is 3. The zero-order chi connectivity index (χ0) is 18.8. The van der Waals surface area contributed by atoms with E-state index >= 15 is 0 Å². The first-order chi connectivity index (χ1) is 12.4. The third-order valence-corrected chi connectivity index (χ3v) is 4.64. The number of hydrogen-bond donors (Lipinski definition) is 3. The van der Waals surface area contributed by atoms with Gasteiger partial charge in [-0.05, 0) is 51.0 Å². The van der Waals surface area contributed by atoms with Crippen LogP contribution in [0.25, 0.3) is 5.69 Å². The molecule has 136 valence electrons. The molecule has 3 rings (SSSR count). The van der Waals surface area contributed by atoms with E-state index in [2.05, 4.69) is 32.1 Å². The summed E-state index contributed by atoms with van der Waals surface area (Å²) in [7, 11) is 0. The van der Waals surface area contributed by atoms with Crippen molar-refractivity contribution in [3.63, 3.8) is 0 Å². The summed E-state index contributed by atoms with van der Waals surface area (Å²) in [5.74, 6) is -2.11. The van der Waals surface area contributed by atoms with Crippen LogP contribution in [-0.4, -0.2) is 28.3 Å². The fraction of sp³-hybridized carbons (Fsp3) is 0.278. The molecule has 1 heterocycles. The Bertz CT molecular complexity index is 887. The average molecular weight is 419 g/mol. The first-order valence-electron chi connectivity index (χ1n) is 8.23. The number of carbonyl (C=O) groups is 3. The Balaban J connectivity index is 1.71. The molecule has 1 aromatic heterocycles. The third-order valence-electron chi connectivity index (χ3n) is 4.15. The first-order valence-corrected chi connectivity index (χ1v) is 9.02. The Morgan fingerprint density at radius 1 is 1.08 bits per heavy atom. The molecule has 0 saturated heterocycles. The van der Waals surface area contributed by atoms with Gasteiger partial charge in [0.15, 0.2) is 0 Å². The van der Waals surface area contributed by atoms with Gasteiger partial charge in [-0.3, -0.25) is 25.2 Å². The van der Waals surface area contributed by atoms with Gasteiger partial charge in [0.1, 0.15) is 0 Å². The number of aromatic nitrogens is 1. The summed E-state index contributed by atoms with van der Waals surface area (Å²) in [5, 5.41) is 2.56. The topological polar surface area (TPSA) is 92.2 Å². The Morgan fingerprint density at radius 3 is 2.46 bits per heavy atom. The maximum absolute atomic E-state index is 12.4. The molecule has 0 unspecified atom stereocenters. The molecule has 8 heteroatoms. The van der Waals surface area contributed by atoms with Crippen LogP contribution in [0.15, 0.2) is 34.8 Å². The Labute approximate surface area is 159 Å². The summed E-state index contributed by atoms with van der Waals surface area (Å²) in [5.41, 5.74) is 7.40. The highest BCUT2D eigenvalue weighted by molar-refractivity contribution is 9.10. The Morgan fingerprint density at radius 2 is 1.81 bits per heavy atom. The molecule has 7 nitrogen and oxygen atoms in total. The molecule has 0 radical (unpaired) electrons. The minimum Gasteiger partial charge on any atom is -0.345 e. The highest BCUT2D eigenvalue weighted by Gasteiger charge is 2.26. The quantitative estimate of drug-likeness (QED) is 0.524. The van der Waals surface area contributed by atoms with Crippen molar-refractivity contribution in [3.8, 4) is 5.69 Å². The summed E-state index contributed by atoms with van der Waals surface area (Å²) in [6, 6.07) is 9.54. The molecule has 1 saturated carbocycles. The van der Waals surface area contributed by atoms with E-state index in [4.69, 9.17) is 0 Å². The standard InChI is InChI=1S/C18H19BrN4O3/c1-10-8-15(11(2)23(10)14-5-3-4-12(19)9-14)16(24)21-22-18(26)17(25)20-13-6-7-13/h3-5,8-9,13H,6-7H2,1-2H3,(H,20,25)(H,21,24)(H,22,26). The van der Waals surface area contributed by atoms with Crippen molar-refractivity contribution in [1.29, 1.82) is 0 Å². The number of hydrogen-bond acceptors (Lipinski definition) is 3. The van der Waals surface area contributed by atoms with E-state index < -0.39 is 17.7 Å². The molecule has 0 spiro atoms. The van der Waals surface area contributed by atoms with Gasteiger partial charge in [-0.15, -0.1) is 0 Å². The molecule has 3 amide bonds. The second kappa shape index (κ2) is 7.33. The van der Waals surface area contributed by atoms with Crippen molar-refractivity contribution in [2.45, 2.75) is 32.7 Å². The zero-order valence-electron chi connectivity index (χ0n) is 14.4. The number of rotatable bonds is 3. The molecule has 1 aliphatic carbocycles. The van der Waals surface area contributed by atoms with Crippen LogP contribution in [-0.2, 0) is 9.59 Å². The van der Waals surface area contributed by atoms with Gasteiger partial charge >= 0.3 is 11.8 Å². The highest BCUT2D eigenvalue weighted by atomic mass is 79.9. The van der Waals surface area contributed by atoms with E-state index in [0.29, 0.717) is 5.56 Å². The van der Waals surface area contributed by atoms with Gasteiger partial charge in [0.25, 0.3) is 5.91 Å². The second-order valence-corrected chi connectivity index (χ2v) is 7.17. The summed E-state index contributed by atoms with van der Waals surface area (Å²) in [4.78, 5) is 35.7. The van der Waals surface area contributed by atoms with Crippen molar-refractivity contribution in [3.05, 3.63) is 51.8 Å². The lowest BCUT2D eigenvalue weighted by molar-refractivity contribution is -0.139. The molecular formula is C18H19BrN4O3. The number of hydrazine groups is 1. The van der Waals surface area contributed by atoms with E-state index in [1.807, 2.05) is 42.7 Å². The van der Waals surface area contributed by atoms with Gasteiger partial charge in [-0.25, -0.2) is 0 Å². The van der Waals surface area contributed by atoms with E-state index in [9.17, 15) is 14.4 Å².